The number of halogens is 1. The van der Waals surface area contributed by atoms with Crippen molar-refractivity contribution in [3.05, 3.63) is 77.3 Å². The fourth-order valence-corrected chi connectivity index (χ4v) is 3.05. The first-order valence-electron chi connectivity index (χ1n) is 9.06. The highest BCUT2D eigenvalue weighted by Crippen LogP contribution is 2.30. The molecule has 0 heterocycles. The summed E-state index contributed by atoms with van der Waals surface area (Å²) in [4.78, 5) is 12.1. The first-order valence-corrected chi connectivity index (χ1v) is 9.44. The summed E-state index contributed by atoms with van der Waals surface area (Å²) < 4.78 is 16.0. The molecular formula is C23H22ClNO4. The molecule has 150 valence electrons. The average Bonchev–Trinajstić information content (AvgIpc) is 2.77. The summed E-state index contributed by atoms with van der Waals surface area (Å²) in [5.74, 6) is 1.47. The molecule has 0 aliphatic heterocycles. The lowest BCUT2D eigenvalue weighted by atomic mass is 10.1. The maximum Gasteiger partial charge on any atom is 0.258 e. The smallest absolute Gasteiger partial charge is 0.258 e. The van der Waals surface area contributed by atoms with Crippen LogP contribution in [0.15, 0.2) is 66.7 Å². The number of amides is 1. The summed E-state index contributed by atoms with van der Waals surface area (Å²) in [6, 6.07) is 20.9. The van der Waals surface area contributed by atoms with Gasteiger partial charge >= 0.3 is 0 Å². The van der Waals surface area contributed by atoms with E-state index < -0.39 is 0 Å². The number of benzene rings is 3. The van der Waals surface area contributed by atoms with Gasteiger partial charge in [-0.05, 0) is 41.0 Å². The quantitative estimate of drug-likeness (QED) is 0.582. The molecule has 3 aromatic carbocycles. The van der Waals surface area contributed by atoms with Crippen molar-refractivity contribution in [3.8, 4) is 28.4 Å². The number of carbonyl (C=O) groups excluding carboxylic acids is 1. The number of hydrogen-bond donors (Lipinski definition) is 1. The molecule has 29 heavy (non-hydrogen) atoms. The van der Waals surface area contributed by atoms with Crippen LogP contribution in [0.2, 0.25) is 5.02 Å². The van der Waals surface area contributed by atoms with Gasteiger partial charge < -0.3 is 19.5 Å². The third kappa shape index (κ3) is 5.42. The molecule has 0 unspecified atom stereocenters. The normalized spacial score (nSPS) is 10.3. The van der Waals surface area contributed by atoms with E-state index in [9.17, 15) is 4.79 Å². The number of methoxy groups -OCH3 is 2. The predicted molar refractivity (Wildman–Crippen MR) is 114 cm³/mol. The Kier molecular flexibility index (Phi) is 6.98. The molecule has 0 bridgehead atoms. The summed E-state index contributed by atoms with van der Waals surface area (Å²) >= 11 is 6.32. The lowest BCUT2D eigenvalue weighted by Gasteiger charge is -2.12. The Bertz CT molecular complexity index is 976. The lowest BCUT2D eigenvalue weighted by Crippen LogP contribution is -2.28. The van der Waals surface area contributed by atoms with Crippen molar-refractivity contribution in [2.45, 2.75) is 6.54 Å². The first kappa shape index (κ1) is 20.6. The zero-order valence-corrected chi connectivity index (χ0v) is 17.0. The summed E-state index contributed by atoms with van der Waals surface area (Å²) in [5.41, 5.74) is 2.94. The number of carbonyl (C=O) groups is 1. The van der Waals surface area contributed by atoms with Crippen LogP contribution in [0.3, 0.4) is 0 Å². The molecule has 3 aromatic rings. The second-order valence-corrected chi connectivity index (χ2v) is 6.67. The van der Waals surface area contributed by atoms with Crippen molar-refractivity contribution in [2.75, 3.05) is 20.8 Å². The van der Waals surface area contributed by atoms with E-state index in [-0.39, 0.29) is 12.5 Å². The molecule has 1 amide bonds. The molecule has 0 atom stereocenters. The minimum atomic E-state index is -0.247. The third-order valence-electron chi connectivity index (χ3n) is 4.34. The molecule has 0 fully saturated rings. The Morgan fingerprint density at radius 2 is 1.59 bits per heavy atom. The van der Waals surface area contributed by atoms with Gasteiger partial charge in [-0.25, -0.2) is 0 Å². The summed E-state index contributed by atoms with van der Waals surface area (Å²) in [5, 5.41) is 3.27. The van der Waals surface area contributed by atoms with Gasteiger partial charge in [-0.2, -0.15) is 0 Å². The maximum atomic E-state index is 12.1. The van der Waals surface area contributed by atoms with Crippen LogP contribution in [0.5, 0.6) is 17.2 Å². The molecule has 5 nitrogen and oxygen atoms in total. The van der Waals surface area contributed by atoms with E-state index in [1.807, 2.05) is 54.6 Å². The van der Waals surface area contributed by atoms with Crippen LogP contribution in [0, 0.1) is 0 Å². The highest BCUT2D eigenvalue weighted by atomic mass is 35.5. The van der Waals surface area contributed by atoms with Crippen molar-refractivity contribution in [3.63, 3.8) is 0 Å². The third-order valence-corrected chi connectivity index (χ3v) is 4.63. The number of hydrogen-bond acceptors (Lipinski definition) is 4. The Hall–Kier alpha value is -3.18. The fraction of sp³-hybridized carbons (Fsp3) is 0.174. The van der Waals surface area contributed by atoms with Gasteiger partial charge in [-0.1, -0.05) is 54.1 Å². The zero-order valence-electron chi connectivity index (χ0n) is 16.3. The van der Waals surface area contributed by atoms with Crippen LogP contribution >= 0.6 is 11.6 Å². The van der Waals surface area contributed by atoms with Gasteiger partial charge in [0.1, 0.15) is 5.75 Å². The fourth-order valence-electron chi connectivity index (χ4n) is 2.81. The minimum absolute atomic E-state index is 0.127. The first-order chi connectivity index (χ1) is 14.1. The molecule has 0 saturated heterocycles. The van der Waals surface area contributed by atoms with Gasteiger partial charge in [-0.3, -0.25) is 4.79 Å². The molecule has 0 aliphatic carbocycles. The van der Waals surface area contributed by atoms with Crippen LogP contribution in [-0.2, 0) is 11.3 Å². The number of ether oxygens (including phenoxy) is 3. The second-order valence-electron chi connectivity index (χ2n) is 6.27. The molecule has 0 aliphatic rings. The molecular weight excluding hydrogens is 390 g/mol. The van der Waals surface area contributed by atoms with Crippen LogP contribution in [0.4, 0.5) is 0 Å². The Labute approximate surface area is 175 Å². The van der Waals surface area contributed by atoms with E-state index in [0.29, 0.717) is 28.8 Å². The van der Waals surface area contributed by atoms with Crippen LogP contribution in [-0.4, -0.2) is 26.7 Å². The van der Waals surface area contributed by atoms with Crippen LogP contribution in [0.25, 0.3) is 11.1 Å². The molecule has 0 saturated carbocycles. The standard InChI is InChI=1S/C23H22ClNO4/c1-27-21-10-8-16(12-22(21)28-2)14-25-23(26)15-29-20-11-9-18(13-19(20)24)17-6-4-3-5-7-17/h3-13H,14-15H2,1-2H3,(H,25,26). The van der Waals surface area contributed by atoms with Crippen molar-refractivity contribution in [1.82, 2.24) is 5.32 Å². The van der Waals surface area contributed by atoms with Crippen LogP contribution in [0.1, 0.15) is 5.56 Å². The van der Waals surface area contributed by atoms with Crippen LogP contribution < -0.4 is 19.5 Å². The highest BCUT2D eigenvalue weighted by molar-refractivity contribution is 6.32. The summed E-state index contributed by atoms with van der Waals surface area (Å²) in [6.07, 6.45) is 0. The van der Waals surface area contributed by atoms with Gasteiger partial charge in [-0.15, -0.1) is 0 Å². The molecule has 0 spiro atoms. The van der Waals surface area contributed by atoms with E-state index >= 15 is 0 Å². The monoisotopic (exact) mass is 411 g/mol. The predicted octanol–water partition coefficient (Wildman–Crippen LogP) is 4.72. The molecule has 0 radical (unpaired) electrons. The van der Waals surface area contributed by atoms with Gasteiger partial charge in [0, 0.05) is 6.54 Å². The Morgan fingerprint density at radius 3 is 2.28 bits per heavy atom. The van der Waals surface area contributed by atoms with E-state index in [1.165, 1.54) is 0 Å². The van der Waals surface area contributed by atoms with E-state index in [1.54, 1.807) is 26.4 Å². The van der Waals surface area contributed by atoms with Gasteiger partial charge in [0.05, 0.1) is 19.2 Å². The van der Waals surface area contributed by atoms with E-state index in [4.69, 9.17) is 25.8 Å². The Balaban J connectivity index is 1.54. The van der Waals surface area contributed by atoms with Crippen molar-refractivity contribution in [1.29, 1.82) is 0 Å². The minimum Gasteiger partial charge on any atom is -0.493 e. The van der Waals surface area contributed by atoms with Gasteiger partial charge in [0.25, 0.3) is 5.91 Å². The topological polar surface area (TPSA) is 56.8 Å². The van der Waals surface area contributed by atoms with Crippen molar-refractivity contribution >= 4 is 17.5 Å². The van der Waals surface area contributed by atoms with E-state index in [0.717, 1.165) is 16.7 Å². The summed E-state index contributed by atoms with van der Waals surface area (Å²) in [7, 11) is 3.15. The molecule has 0 aromatic heterocycles. The Morgan fingerprint density at radius 1 is 0.862 bits per heavy atom. The molecule has 6 heteroatoms. The molecule has 3 rings (SSSR count). The maximum absolute atomic E-state index is 12.1. The van der Waals surface area contributed by atoms with Gasteiger partial charge in [0.2, 0.25) is 0 Å². The highest BCUT2D eigenvalue weighted by Gasteiger charge is 2.09. The average molecular weight is 412 g/mol. The number of nitrogens with one attached hydrogen (secondary N) is 1. The number of rotatable bonds is 8. The summed E-state index contributed by atoms with van der Waals surface area (Å²) in [6.45, 7) is 0.223. The zero-order chi connectivity index (χ0) is 20.6. The second kappa shape index (κ2) is 9.85. The largest absolute Gasteiger partial charge is 0.493 e. The lowest BCUT2D eigenvalue weighted by molar-refractivity contribution is -0.123. The van der Waals surface area contributed by atoms with Gasteiger partial charge in [0.15, 0.2) is 18.1 Å². The van der Waals surface area contributed by atoms with E-state index in [2.05, 4.69) is 5.32 Å². The molecule has 1 N–H and O–H groups in total. The van der Waals surface area contributed by atoms with Crippen molar-refractivity contribution < 1.29 is 19.0 Å². The van der Waals surface area contributed by atoms with Crippen molar-refractivity contribution in [2.24, 2.45) is 0 Å². The SMILES string of the molecule is COc1ccc(CNC(=O)COc2ccc(-c3ccccc3)cc2Cl)cc1OC.